The molecule has 70 valence electrons. The number of benzene rings is 1. The monoisotopic (exact) mass is 178 g/mol. The van der Waals surface area contributed by atoms with E-state index in [1.165, 1.54) is 5.69 Å². The van der Waals surface area contributed by atoms with Crippen molar-refractivity contribution in [2.45, 2.75) is 6.10 Å². The number of para-hydroxylation sites is 1. The Balaban J connectivity index is 2.12. The van der Waals surface area contributed by atoms with Crippen molar-refractivity contribution < 1.29 is 4.74 Å². The number of quaternary nitrogens is 1. The van der Waals surface area contributed by atoms with E-state index < -0.39 is 0 Å². The maximum Gasteiger partial charge on any atom is 0.132 e. The van der Waals surface area contributed by atoms with Crippen LogP contribution in [0, 0.1) is 0 Å². The van der Waals surface area contributed by atoms with Crippen molar-refractivity contribution in [1.29, 1.82) is 0 Å². The van der Waals surface area contributed by atoms with Crippen LogP contribution in [0.4, 0.5) is 5.69 Å². The first kappa shape index (κ1) is 8.73. The smallest absolute Gasteiger partial charge is 0.132 e. The molecule has 1 aromatic carbocycles. The van der Waals surface area contributed by atoms with Gasteiger partial charge in [-0.3, -0.25) is 4.48 Å². The summed E-state index contributed by atoms with van der Waals surface area (Å²) in [5, 5.41) is 0. The van der Waals surface area contributed by atoms with Crippen LogP contribution in [0.2, 0.25) is 0 Å². The lowest BCUT2D eigenvalue weighted by Crippen LogP contribution is -2.43. The molecule has 0 radical (unpaired) electrons. The van der Waals surface area contributed by atoms with Crippen LogP contribution in [0.25, 0.3) is 0 Å². The van der Waals surface area contributed by atoms with E-state index in [1.807, 2.05) is 0 Å². The number of nitrogens with zero attached hydrogens (tertiary/aromatic N) is 1. The minimum absolute atomic E-state index is 0.482. The van der Waals surface area contributed by atoms with Gasteiger partial charge in [-0.2, -0.15) is 0 Å². The number of ether oxygens (including phenoxy) is 1. The average Bonchev–Trinajstić information content (AvgIpc) is 2.89. The molecule has 1 heterocycles. The highest BCUT2D eigenvalue weighted by atomic mass is 16.6. The highest BCUT2D eigenvalue weighted by Gasteiger charge is 2.32. The maximum atomic E-state index is 5.25. The third kappa shape index (κ3) is 2.08. The Bertz CT molecular complexity index is 277. The Hall–Kier alpha value is -0.860. The van der Waals surface area contributed by atoms with Crippen LogP contribution in [-0.2, 0) is 4.74 Å². The van der Waals surface area contributed by atoms with Gasteiger partial charge in [0.1, 0.15) is 18.3 Å². The Morgan fingerprint density at radius 1 is 1.31 bits per heavy atom. The second-order valence-corrected chi connectivity index (χ2v) is 4.16. The summed E-state index contributed by atoms with van der Waals surface area (Å²) in [4.78, 5) is 0. The first-order valence-electron chi connectivity index (χ1n) is 4.69. The van der Waals surface area contributed by atoms with Gasteiger partial charge in [0.15, 0.2) is 0 Å². The molecule has 0 bridgehead atoms. The summed E-state index contributed by atoms with van der Waals surface area (Å²) in [7, 11) is 4.44. The zero-order valence-electron chi connectivity index (χ0n) is 8.23. The molecule has 0 N–H and O–H groups in total. The van der Waals surface area contributed by atoms with Gasteiger partial charge in [0.25, 0.3) is 0 Å². The summed E-state index contributed by atoms with van der Waals surface area (Å²) in [5.74, 6) is 0. The van der Waals surface area contributed by atoms with E-state index in [0.29, 0.717) is 6.10 Å². The van der Waals surface area contributed by atoms with Gasteiger partial charge in [0.05, 0.1) is 20.7 Å². The number of hydrogen-bond donors (Lipinski definition) is 0. The molecule has 0 aliphatic carbocycles. The molecule has 0 saturated carbocycles. The molecule has 1 aromatic rings. The quantitative estimate of drug-likeness (QED) is 0.506. The topological polar surface area (TPSA) is 12.5 Å². The SMILES string of the molecule is C[N+](C)(CC1CO1)c1ccccc1. The van der Waals surface area contributed by atoms with Crippen molar-refractivity contribution in [2.75, 3.05) is 27.2 Å². The van der Waals surface area contributed by atoms with Gasteiger partial charge < -0.3 is 4.74 Å². The Labute approximate surface area is 79.3 Å². The molecular weight excluding hydrogens is 162 g/mol. The molecule has 0 spiro atoms. The second-order valence-electron chi connectivity index (χ2n) is 4.16. The van der Waals surface area contributed by atoms with Crippen LogP contribution in [-0.4, -0.2) is 33.4 Å². The molecule has 0 aromatic heterocycles. The summed E-state index contributed by atoms with van der Waals surface area (Å²) < 4.78 is 6.16. The molecule has 2 nitrogen and oxygen atoms in total. The lowest BCUT2D eigenvalue weighted by atomic mass is 10.2. The van der Waals surface area contributed by atoms with Crippen LogP contribution >= 0.6 is 0 Å². The molecule has 1 saturated heterocycles. The largest absolute Gasteiger partial charge is 0.367 e. The van der Waals surface area contributed by atoms with Gasteiger partial charge in [0, 0.05) is 0 Å². The van der Waals surface area contributed by atoms with Crippen molar-refractivity contribution >= 4 is 5.69 Å². The summed E-state index contributed by atoms with van der Waals surface area (Å²) in [5.41, 5.74) is 1.35. The van der Waals surface area contributed by atoms with E-state index in [2.05, 4.69) is 44.4 Å². The summed E-state index contributed by atoms with van der Waals surface area (Å²) in [6.45, 7) is 2.01. The Morgan fingerprint density at radius 3 is 2.46 bits per heavy atom. The number of rotatable bonds is 3. The summed E-state index contributed by atoms with van der Waals surface area (Å²) in [6.07, 6.45) is 0.482. The van der Waals surface area contributed by atoms with E-state index in [0.717, 1.165) is 17.6 Å². The molecule has 13 heavy (non-hydrogen) atoms. The third-order valence-electron chi connectivity index (χ3n) is 2.52. The van der Waals surface area contributed by atoms with Crippen LogP contribution in [0.1, 0.15) is 0 Å². The van der Waals surface area contributed by atoms with Gasteiger partial charge in [-0.05, 0) is 12.1 Å². The molecule has 1 aliphatic rings. The maximum absolute atomic E-state index is 5.25. The number of epoxide rings is 1. The van der Waals surface area contributed by atoms with Crippen molar-refractivity contribution in [3.8, 4) is 0 Å². The van der Waals surface area contributed by atoms with Gasteiger partial charge in [-0.25, -0.2) is 0 Å². The van der Waals surface area contributed by atoms with E-state index in [4.69, 9.17) is 4.74 Å². The third-order valence-corrected chi connectivity index (χ3v) is 2.52. The second kappa shape index (κ2) is 3.13. The minimum Gasteiger partial charge on any atom is -0.367 e. The van der Waals surface area contributed by atoms with Crippen LogP contribution < -0.4 is 4.48 Å². The van der Waals surface area contributed by atoms with Crippen molar-refractivity contribution in [3.05, 3.63) is 30.3 Å². The van der Waals surface area contributed by atoms with E-state index >= 15 is 0 Å². The predicted molar refractivity (Wildman–Crippen MR) is 54.7 cm³/mol. The first-order valence-corrected chi connectivity index (χ1v) is 4.69. The van der Waals surface area contributed by atoms with Crippen LogP contribution in [0.3, 0.4) is 0 Å². The molecule has 2 heteroatoms. The highest BCUT2D eigenvalue weighted by Crippen LogP contribution is 2.22. The van der Waals surface area contributed by atoms with Crippen molar-refractivity contribution in [1.82, 2.24) is 4.48 Å². The summed E-state index contributed by atoms with van der Waals surface area (Å²) in [6, 6.07) is 10.6. The highest BCUT2D eigenvalue weighted by molar-refractivity contribution is 5.41. The predicted octanol–water partition coefficient (Wildman–Crippen LogP) is 1.65. The van der Waals surface area contributed by atoms with E-state index in [-0.39, 0.29) is 0 Å². The van der Waals surface area contributed by atoms with Crippen LogP contribution in [0.15, 0.2) is 30.3 Å². The number of likely N-dealkylation sites (N-methyl/N-ethyl adjacent to an activating group) is 1. The fourth-order valence-electron chi connectivity index (χ4n) is 1.62. The van der Waals surface area contributed by atoms with Crippen molar-refractivity contribution in [3.63, 3.8) is 0 Å². The fourth-order valence-corrected chi connectivity index (χ4v) is 1.62. The van der Waals surface area contributed by atoms with Crippen molar-refractivity contribution in [2.24, 2.45) is 0 Å². The molecular formula is C11H16NO+. The zero-order valence-corrected chi connectivity index (χ0v) is 8.23. The Kier molecular flexibility index (Phi) is 2.10. The minimum atomic E-state index is 0.482. The zero-order chi connectivity index (χ0) is 9.31. The molecule has 1 atom stereocenters. The van der Waals surface area contributed by atoms with Gasteiger partial charge in [-0.15, -0.1) is 0 Å². The standard InChI is InChI=1S/C11H16NO/c1-12(2,8-11-9-13-11)10-6-4-3-5-7-10/h3-7,11H,8-9H2,1-2H3/q+1. The van der Waals surface area contributed by atoms with Crippen LogP contribution in [0.5, 0.6) is 0 Å². The Morgan fingerprint density at radius 2 is 1.92 bits per heavy atom. The lowest BCUT2D eigenvalue weighted by Gasteiger charge is -2.28. The fraction of sp³-hybridized carbons (Fsp3) is 0.455. The lowest BCUT2D eigenvalue weighted by molar-refractivity contribution is 0.320. The average molecular weight is 178 g/mol. The molecule has 1 aliphatic heterocycles. The number of hydrogen-bond acceptors (Lipinski definition) is 1. The van der Waals surface area contributed by atoms with Gasteiger partial charge in [0.2, 0.25) is 0 Å². The molecule has 2 rings (SSSR count). The van der Waals surface area contributed by atoms with E-state index in [1.54, 1.807) is 0 Å². The first-order chi connectivity index (χ1) is 6.18. The molecule has 0 amide bonds. The van der Waals surface area contributed by atoms with E-state index in [9.17, 15) is 0 Å². The van der Waals surface area contributed by atoms with Gasteiger partial charge >= 0.3 is 0 Å². The normalized spacial score (nSPS) is 21.5. The summed E-state index contributed by atoms with van der Waals surface area (Å²) >= 11 is 0. The molecule has 1 fully saturated rings. The van der Waals surface area contributed by atoms with Gasteiger partial charge in [-0.1, -0.05) is 18.2 Å². The molecule has 1 unspecified atom stereocenters.